The van der Waals surface area contributed by atoms with Gasteiger partial charge >= 0.3 is 12.3 Å². The monoisotopic (exact) mass is 1350 g/mol. The lowest BCUT2D eigenvalue weighted by Crippen LogP contribution is -2.38. The van der Waals surface area contributed by atoms with Crippen LogP contribution in [0.1, 0.15) is 74.1 Å². The Kier molecular flexibility index (Phi) is 39.8. The number of benzene rings is 5. The van der Waals surface area contributed by atoms with Crippen LogP contribution in [-0.2, 0) is 79.2 Å². The molecule has 0 radical (unpaired) electrons. The number of phenols is 1. The van der Waals surface area contributed by atoms with E-state index in [4.69, 9.17) is 83.1 Å². The van der Waals surface area contributed by atoms with Crippen molar-refractivity contribution in [2.24, 2.45) is 5.92 Å². The Morgan fingerprint density at radius 1 is 0.663 bits per heavy atom. The fraction of sp³-hybridized carbons (Fsp3) is 0.535. The molecular formula is C71H96F3N3O17S. The molecule has 2 aliphatic carbocycles. The van der Waals surface area contributed by atoms with Gasteiger partial charge in [0.25, 0.3) is 0 Å². The molecule has 24 heteroatoms. The molecule has 1 fully saturated rings. The van der Waals surface area contributed by atoms with E-state index in [1.54, 1.807) is 38.3 Å². The molecule has 0 amide bonds. The van der Waals surface area contributed by atoms with E-state index in [-0.39, 0.29) is 42.0 Å². The average molecular weight is 1350 g/mol. The molecule has 3 aliphatic rings. The molecule has 2 unspecified atom stereocenters. The second-order valence-electron chi connectivity index (χ2n) is 22.2. The van der Waals surface area contributed by atoms with Crippen molar-refractivity contribution in [3.63, 3.8) is 0 Å². The van der Waals surface area contributed by atoms with Gasteiger partial charge in [-0.3, -0.25) is 4.79 Å². The summed E-state index contributed by atoms with van der Waals surface area (Å²) in [5.74, 6) is 1.12. The zero-order chi connectivity index (χ0) is 68.1. The zero-order valence-corrected chi connectivity index (χ0v) is 56.0. The number of carbonyl (C=O) groups excluding carboxylic acids is 2. The number of ether oxygens (including phenoxy) is 12. The number of fused-ring (bicyclic) bond motifs is 2. The van der Waals surface area contributed by atoms with Crippen LogP contribution in [0.25, 0.3) is 33.4 Å². The van der Waals surface area contributed by atoms with Gasteiger partial charge in [0.2, 0.25) is 0 Å². The molecule has 1 aliphatic heterocycles. The van der Waals surface area contributed by atoms with Crippen molar-refractivity contribution < 1.29 is 89.1 Å². The number of alkyl halides is 3. The van der Waals surface area contributed by atoms with E-state index >= 15 is 0 Å². The molecule has 1 saturated carbocycles. The Hall–Kier alpha value is -6.29. The first kappa shape index (κ1) is 79.4. The number of hydrogen-bond donors (Lipinski definition) is 4. The number of rotatable bonds is 44. The third-order valence-corrected chi connectivity index (χ3v) is 15.1. The fourth-order valence-electron chi connectivity index (χ4n) is 10.6. The van der Waals surface area contributed by atoms with Gasteiger partial charge in [-0.1, -0.05) is 67.4 Å². The number of aryl methyl sites for hydroxylation is 1. The van der Waals surface area contributed by atoms with E-state index in [0.717, 1.165) is 73.0 Å². The van der Waals surface area contributed by atoms with Crippen LogP contribution in [0.15, 0.2) is 118 Å². The minimum absolute atomic E-state index is 0.0732. The van der Waals surface area contributed by atoms with Crippen LogP contribution in [0.2, 0.25) is 0 Å². The van der Waals surface area contributed by atoms with Crippen LogP contribution in [0.3, 0.4) is 0 Å². The van der Waals surface area contributed by atoms with Crippen molar-refractivity contribution in [3.8, 4) is 28.2 Å². The summed E-state index contributed by atoms with van der Waals surface area (Å²) in [6.45, 7) is 18.6. The summed E-state index contributed by atoms with van der Waals surface area (Å²) >= 11 is 5.35. The third kappa shape index (κ3) is 32.1. The average Bonchev–Trinajstić information content (AvgIpc) is 0.762. The Labute approximate surface area is 561 Å². The van der Waals surface area contributed by atoms with Crippen molar-refractivity contribution >= 4 is 40.1 Å². The maximum atomic E-state index is 13.5. The van der Waals surface area contributed by atoms with Crippen LogP contribution >= 0.6 is 12.2 Å². The van der Waals surface area contributed by atoms with Crippen LogP contribution in [0.5, 0.6) is 5.75 Å². The van der Waals surface area contributed by atoms with Gasteiger partial charge in [0.15, 0.2) is 10.5 Å². The highest BCUT2D eigenvalue weighted by Gasteiger charge is 2.36. The van der Waals surface area contributed by atoms with Crippen LogP contribution in [0, 0.1) is 12.8 Å². The fourth-order valence-corrected chi connectivity index (χ4v) is 10.9. The maximum Gasteiger partial charge on any atom is 0.416 e. The van der Waals surface area contributed by atoms with E-state index in [2.05, 4.69) is 41.9 Å². The molecule has 0 saturated heterocycles. The third-order valence-electron chi connectivity index (χ3n) is 14.9. The predicted octanol–water partition coefficient (Wildman–Crippen LogP) is 11.0. The SMILES string of the molecule is CCCOCCNC(=S)Nc1ccc(-c2c3ccc(=O)cc-3oc3cc(O)ccc23)cc1.COCCOCCOCCOCCOCCOCCOCCOCCOCCOCCNC(C)CC1CCC[C@H](OCc2cc(C)cc(C(F)(F)F)c2)[C@@H]1c1ccccc1.O=C=O. The summed E-state index contributed by atoms with van der Waals surface area (Å²) in [7, 11) is 1.64. The van der Waals surface area contributed by atoms with Crippen molar-refractivity contribution in [2.75, 3.05) is 164 Å². The lowest BCUT2D eigenvalue weighted by molar-refractivity contribution is -0.191. The number of aromatic hydroxyl groups is 1. The highest BCUT2D eigenvalue weighted by Crippen LogP contribution is 2.43. The Bertz CT molecular complexity index is 3090. The Balaban J connectivity index is 0.000000388. The van der Waals surface area contributed by atoms with Crippen molar-refractivity contribution in [1.29, 1.82) is 0 Å². The van der Waals surface area contributed by atoms with Crippen molar-refractivity contribution in [3.05, 3.63) is 142 Å². The smallest absolute Gasteiger partial charge is 0.416 e. The first-order valence-corrected chi connectivity index (χ1v) is 32.8. The van der Waals surface area contributed by atoms with Crippen LogP contribution in [-0.4, -0.2) is 187 Å². The quantitative estimate of drug-likeness (QED) is 0.0158. The topological polar surface area (TPSA) is 231 Å². The van der Waals surface area contributed by atoms with Crippen LogP contribution in [0.4, 0.5) is 18.9 Å². The van der Waals surface area contributed by atoms with Gasteiger partial charge in [0.05, 0.1) is 150 Å². The van der Waals surface area contributed by atoms with Crippen molar-refractivity contribution in [1.82, 2.24) is 10.6 Å². The van der Waals surface area contributed by atoms with Gasteiger partial charge in [-0.15, -0.1) is 0 Å². The van der Waals surface area contributed by atoms with E-state index in [1.165, 1.54) is 29.8 Å². The van der Waals surface area contributed by atoms with E-state index in [1.807, 2.05) is 48.5 Å². The second kappa shape index (κ2) is 47.6. The van der Waals surface area contributed by atoms with Gasteiger partial charge in [0, 0.05) is 73.1 Å². The molecule has 4 aromatic carbocycles. The summed E-state index contributed by atoms with van der Waals surface area (Å²) in [6.07, 6.45) is 0.725. The lowest BCUT2D eigenvalue weighted by Gasteiger charge is -2.40. The first-order chi connectivity index (χ1) is 46.2. The standard InChI is InChI=1S/C45H72F3NO11.C25H24N2O4S.CO2/c1-37-32-39(35-42(33-37)45(46,47)48)36-60-43-11-7-10-41(44(43)40-8-5-4-6-9-40)34-38(2)49-12-13-51-16-17-53-20-21-55-24-25-57-28-29-59-31-30-58-27-26-56-23-22-54-19-18-52-15-14-50-3;1-2-12-30-13-11-26-25(32)27-17-5-3-16(4-6-17)24-20-9-7-18(28)14-22(20)31-23-15-19(29)8-10-21(23)24;2-1-3/h4-6,8-9,32-33,35,38,41,43-44,49H,7,10-31,34,36H2,1-3H3;3-10,14-15,28H,2,11-13H2,1H3,(H2,26,27,32);/t38?,41?,43-,44+;;/m0../s1. The number of phenolic OH excluding ortho intramolecular Hbond substituents is 1. The number of halogens is 3. The molecule has 4 aromatic rings. The molecule has 0 aromatic heterocycles. The Morgan fingerprint density at radius 3 is 1.77 bits per heavy atom. The molecular weight excluding hydrogens is 1260 g/mol. The maximum absolute atomic E-state index is 13.5. The number of thiocarbonyl (C=S) groups is 1. The number of anilines is 1. The molecule has 95 heavy (non-hydrogen) atoms. The highest BCUT2D eigenvalue weighted by atomic mass is 32.1. The molecule has 7 rings (SSSR count). The highest BCUT2D eigenvalue weighted by molar-refractivity contribution is 7.80. The summed E-state index contributed by atoms with van der Waals surface area (Å²) < 4.78 is 113. The molecule has 524 valence electrons. The summed E-state index contributed by atoms with van der Waals surface area (Å²) in [5, 5.41) is 21.2. The van der Waals surface area contributed by atoms with Gasteiger partial charge in [0.1, 0.15) is 17.1 Å². The molecule has 0 spiro atoms. The number of methoxy groups -OCH3 is 1. The van der Waals surface area contributed by atoms with Gasteiger partial charge < -0.3 is 82.3 Å². The predicted molar refractivity (Wildman–Crippen MR) is 359 cm³/mol. The largest absolute Gasteiger partial charge is 0.508 e. The minimum Gasteiger partial charge on any atom is -0.508 e. The van der Waals surface area contributed by atoms with E-state index in [0.29, 0.717) is 172 Å². The lowest BCUT2D eigenvalue weighted by atomic mass is 9.71. The van der Waals surface area contributed by atoms with E-state index in [9.17, 15) is 23.1 Å². The van der Waals surface area contributed by atoms with Crippen molar-refractivity contribution in [2.45, 2.75) is 83.7 Å². The van der Waals surface area contributed by atoms with Gasteiger partial charge in [-0.05, 0) is 123 Å². The molecule has 20 nitrogen and oxygen atoms in total. The van der Waals surface area contributed by atoms with Crippen LogP contribution < -0.4 is 21.4 Å². The summed E-state index contributed by atoms with van der Waals surface area (Å²) in [5.41, 5.74) is 5.67. The number of hydrogen-bond acceptors (Lipinski definition) is 19. The summed E-state index contributed by atoms with van der Waals surface area (Å²) in [4.78, 5) is 28.1. The molecule has 4 atom stereocenters. The Morgan fingerprint density at radius 2 is 1.21 bits per heavy atom. The molecule has 0 bridgehead atoms. The number of nitrogens with one attached hydrogen (secondary N) is 3. The summed E-state index contributed by atoms with van der Waals surface area (Å²) in [6, 6.07) is 32.4. The molecule has 4 N–H and O–H groups in total. The van der Waals surface area contributed by atoms with Gasteiger partial charge in [-0.25, -0.2) is 0 Å². The first-order valence-electron chi connectivity index (χ1n) is 32.4. The minimum atomic E-state index is -4.38. The van der Waals surface area contributed by atoms with Gasteiger partial charge in [-0.2, -0.15) is 22.8 Å². The normalized spacial score (nSPS) is 15.0. The zero-order valence-electron chi connectivity index (χ0n) is 55.2. The van der Waals surface area contributed by atoms with E-state index < -0.39 is 11.7 Å². The molecule has 1 heterocycles. The second-order valence-corrected chi connectivity index (χ2v) is 22.7.